The summed E-state index contributed by atoms with van der Waals surface area (Å²) in [7, 11) is 0. The standard InChI is InChI=1S/C11H18N2O2S/c1-4-13-10(5-8(2)12-13)7-16-9(3)6-11(14)15/h5,9H,4,6-7H2,1-3H3,(H,14,15). The van der Waals surface area contributed by atoms with E-state index < -0.39 is 5.97 Å². The molecule has 0 aliphatic rings. The summed E-state index contributed by atoms with van der Waals surface area (Å²) in [5.41, 5.74) is 2.19. The first-order valence-electron chi connectivity index (χ1n) is 5.39. The highest BCUT2D eigenvalue weighted by Gasteiger charge is 2.10. The molecule has 1 aromatic heterocycles. The molecule has 0 radical (unpaired) electrons. The fourth-order valence-corrected chi connectivity index (χ4v) is 2.47. The Kier molecular flexibility index (Phi) is 4.86. The van der Waals surface area contributed by atoms with E-state index in [-0.39, 0.29) is 11.7 Å². The Balaban J connectivity index is 2.50. The van der Waals surface area contributed by atoms with E-state index in [2.05, 4.69) is 18.1 Å². The van der Waals surface area contributed by atoms with Gasteiger partial charge in [0.15, 0.2) is 0 Å². The van der Waals surface area contributed by atoms with Crippen LogP contribution in [0, 0.1) is 6.92 Å². The number of hydrogen-bond donors (Lipinski definition) is 1. The summed E-state index contributed by atoms with van der Waals surface area (Å²) in [5.74, 6) is 0.0866. The molecule has 0 bridgehead atoms. The fourth-order valence-electron chi connectivity index (χ4n) is 1.52. The van der Waals surface area contributed by atoms with Crippen LogP contribution in [0.1, 0.15) is 31.7 Å². The minimum Gasteiger partial charge on any atom is -0.481 e. The van der Waals surface area contributed by atoms with Crippen molar-refractivity contribution in [3.63, 3.8) is 0 Å². The highest BCUT2D eigenvalue weighted by Crippen LogP contribution is 2.20. The predicted molar refractivity (Wildman–Crippen MR) is 65.6 cm³/mol. The summed E-state index contributed by atoms with van der Waals surface area (Å²) in [6, 6.07) is 2.06. The monoisotopic (exact) mass is 242 g/mol. The average molecular weight is 242 g/mol. The Labute approximate surface area is 100 Å². The topological polar surface area (TPSA) is 55.1 Å². The van der Waals surface area contributed by atoms with Crippen LogP contribution in [-0.4, -0.2) is 26.1 Å². The summed E-state index contributed by atoms with van der Waals surface area (Å²) in [6.07, 6.45) is 0.212. The predicted octanol–water partition coefficient (Wildman–Crippen LogP) is 2.31. The van der Waals surface area contributed by atoms with Gasteiger partial charge in [-0.05, 0) is 19.9 Å². The molecule has 0 fully saturated rings. The molecule has 1 rings (SSSR count). The molecule has 16 heavy (non-hydrogen) atoms. The van der Waals surface area contributed by atoms with Gasteiger partial charge in [0, 0.05) is 23.2 Å². The smallest absolute Gasteiger partial charge is 0.304 e. The second-order valence-electron chi connectivity index (χ2n) is 3.81. The molecule has 4 nitrogen and oxygen atoms in total. The fraction of sp³-hybridized carbons (Fsp3) is 0.636. The lowest BCUT2D eigenvalue weighted by Gasteiger charge is -2.09. The van der Waals surface area contributed by atoms with Gasteiger partial charge in [-0.2, -0.15) is 16.9 Å². The Morgan fingerprint density at radius 3 is 2.94 bits per heavy atom. The number of aliphatic carboxylic acids is 1. The molecule has 1 atom stereocenters. The van der Waals surface area contributed by atoms with E-state index in [9.17, 15) is 4.79 Å². The molecular weight excluding hydrogens is 224 g/mol. The van der Waals surface area contributed by atoms with Crippen LogP contribution in [0.5, 0.6) is 0 Å². The Bertz CT molecular complexity index is 363. The minimum absolute atomic E-state index is 0.137. The van der Waals surface area contributed by atoms with Gasteiger partial charge in [-0.3, -0.25) is 9.48 Å². The maximum Gasteiger partial charge on any atom is 0.304 e. The first-order chi connectivity index (χ1) is 7.52. The van der Waals surface area contributed by atoms with Gasteiger partial charge < -0.3 is 5.11 Å². The molecule has 0 saturated carbocycles. The van der Waals surface area contributed by atoms with E-state index in [4.69, 9.17) is 5.11 Å². The number of aryl methyl sites for hydroxylation is 2. The van der Waals surface area contributed by atoms with Gasteiger partial charge >= 0.3 is 5.97 Å². The Morgan fingerprint density at radius 1 is 1.69 bits per heavy atom. The van der Waals surface area contributed by atoms with Crippen molar-refractivity contribution in [1.29, 1.82) is 0 Å². The number of aromatic nitrogens is 2. The van der Waals surface area contributed by atoms with E-state index in [1.807, 2.05) is 18.5 Å². The summed E-state index contributed by atoms with van der Waals surface area (Å²) >= 11 is 1.66. The number of rotatable bonds is 6. The van der Waals surface area contributed by atoms with Crippen molar-refractivity contribution in [2.24, 2.45) is 0 Å². The van der Waals surface area contributed by atoms with Crippen LogP contribution in [0.25, 0.3) is 0 Å². The number of carboxylic acids is 1. The van der Waals surface area contributed by atoms with Crippen molar-refractivity contribution in [2.75, 3.05) is 0 Å². The van der Waals surface area contributed by atoms with Gasteiger partial charge in [0.1, 0.15) is 0 Å². The molecule has 0 aromatic carbocycles. The molecule has 90 valence electrons. The zero-order valence-corrected chi connectivity index (χ0v) is 10.8. The maximum absolute atomic E-state index is 10.5. The number of thioether (sulfide) groups is 1. The van der Waals surface area contributed by atoms with Crippen molar-refractivity contribution in [3.8, 4) is 0 Å². The van der Waals surface area contributed by atoms with Crippen LogP contribution in [0.15, 0.2) is 6.07 Å². The molecule has 1 heterocycles. The molecule has 1 N–H and O–H groups in total. The third-order valence-corrected chi connectivity index (χ3v) is 3.46. The van der Waals surface area contributed by atoms with Crippen LogP contribution < -0.4 is 0 Å². The van der Waals surface area contributed by atoms with Crippen molar-refractivity contribution in [3.05, 3.63) is 17.5 Å². The minimum atomic E-state index is -0.736. The maximum atomic E-state index is 10.5. The molecule has 1 unspecified atom stereocenters. The second kappa shape index (κ2) is 5.94. The van der Waals surface area contributed by atoms with E-state index in [1.165, 1.54) is 5.69 Å². The lowest BCUT2D eigenvalue weighted by molar-refractivity contribution is -0.136. The molecule has 5 heteroatoms. The van der Waals surface area contributed by atoms with E-state index in [0.717, 1.165) is 18.0 Å². The highest BCUT2D eigenvalue weighted by atomic mass is 32.2. The van der Waals surface area contributed by atoms with Gasteiger partial charge in [0.25, 0.3) is 0 Å². The summed E-state index contributed by atoms with van der Waals surface area (Å²) in [4.78, 5) is 10.5. The second-order valence-corrected chi connectivity index (χ2v) is 5.24. The molecule has 0 aliphatic heterocycles. The molecular formula is C11H18N2O2S. The largest absolute Gasteiger partial charge is 0.481 e. The van der Waals surface area contributed by atoms with Crippen molar-refractivity contribution in [1.82, 2.24) is 9.78 Å². The van der Waals surface area contributed by atoms with Gasteiger partial charge in [-0.15, -0.1) is 0 Å². The highest BCUT2D eigenvalue weighted by molar-refractivity contribution is 7.99. The van der Waals surface area contributed by atoms with Crippen LogP contribution in [-0.2, 0) is 17.1 Å². The summed E-state index contributed by atoms with van der Waals surface area (Å²) < 4.78 is 1.97. The third kappa shape index (κ3) is 3.89. The van der Waals surface area contributed by atoms with Crippen LogP contribution in [0.4, 0.5) is 0 Å². The van der Waals surface area contributed by atoms with Gasteiger partial charge in [0.05, 0.1) is 12.1 Å². The zero-order chi connectivity index (χ0) is 12.1. The zero-order valence-electron chi connectivity index (χ0n) is 9.93. The van der Waals surface area contributed by atoms with Crippen LogP contribution >= 0.6 is 11.8 Å². The Hall–Kier alpha value is -0.970. The first-order valence-corrected chi connectivity index (χ1v) is 6.44. The van der Waals surface area contributed by atoms with Crippen molar-refractivity contribution >= 4 is 17.7 Å². The third-order valence-electron chi connectivity index (χ3n) is 2.26. The van der Waals surface area contributed by atoms with E-state index >= 15 is 0 Å². The first kappa shape index (κ1) is 13.1. The van der Waals surface area contributed by atoms with Crippen LogP contribution in [0.3, 0.4) is 0 Å². The SMILES string of the molecule is CCn1nc(C)cc1CSC(C)CC(=O)O. The number of nitrogens with zero attached hydrogens (tertiary/aromatic N) is 2. The molecule has 0 aliphatic carbocycles. The number of carbonyl (C=O) groups is 1. The lowest BCUT2D eigenvalue weighted by Crippen LogP contribution is -2.07. The van der Waals surface area contributed by atoms with Gasteiger partial charge in [-0.25, -0.2) is 0 Å². The van der Waals surface area contributed by atoms with Crippen LogP contribution in [0.2, 0.25) is 0 Å². The quantitative estimate of drug-likeness (QED) is 0.831. The normalized spacial score (nSPS) is 12.7. The summed E-state index contributed by atoms with van der Waals surface area (Å²) in [6.45, 7) is 6.83. The van der Waals surface area contributed by atoms with Gasteiger partial charge in [-0.1, -0.05) is 6.92 Å². The molecule has 0 amide bonds. The van der Waals surface area contributed by atoms with E-state index in [0.29, 0.717) is 0 Å². The number of hydrogen-bond acceptors (Lipinski definition) is 3. The molecule has 0 spiro atoms. The summed E-state index contributed by atoms with van der Waals surface area (Å²) in [5, 5.41) is 13.1. The van der Waals surface area contributed by atoms with E-state index in [1.54, 1.807) is 11.8 Å². The molecule has 0 saturated heterocycles. The molecule has 1 aromatic rings. The Morgan fingerprint density at radius 2 is 2.38 bits per heavy atom. The van der Waals surface area contributed by atoms with Crippen molar-refractivity contribution < 1.29 is 9.90 Å². The van der Waals surface area contributed by atoms with Gasteiger partial charge in [0.2, 0.25) is 0 Å². The average Bonchev–Trinajstić information content (AvgIpc) is 2.55. The number of carboxylic acid groups (broad SMARTS) is 1. The van der Waals surface area contributed by atoms with Crippen molar-refractivity contribution in [2.45, 2.75) is 44.7 Å². The lowest BCUT2D eigenvalue weighted by atomic mass is 10.3.